The molecule has 30 heavy (non-hydrogen) atoms. The third-order valence-corrected chi connectivity index (χ3v) is 5.09. The van der Waals surface area contributed by atoms with E-state index in [2.05, 4.69) is 26.1 Å². The van der Waals surface area contributed by atoms with Crippen molar-refractivity contribution in [1.82, 2.24) is 4.90 Å². The molecule has 158 valence electrons. The standard InChI is InChI=1S/C25H30N2O3/c1-6-16-27-23(28)21(17-8-14-20(15-9-17)30-7-2)22(24(27)29)26-19-12-10-18(11-13-19)25(3,4)5/h8-15,26H,6-7,16H2,1-5H3. The van der Waals surface area contributed by atoms with E-state index in [0.29, 0.717) is 36.4 Å². The third kappa shape index (κ3) is 4.40. The summed E-state index contributed by atoms with van der Waals surface area (Å²) in [6.45, 7) is 11.3. The molecule has 2 aromatic carbocycles. The van der Waals surface area contributed by atoms with Crippen LogP contribution in [-0.4, -0.2) is 29.9 Å². The lowest BCUT2D eigenvalue weighted by molar-refractivity contribution is -0.136. The van der Waals surface area contributed by atoms with Gasteiger partial charge in [0.25, 0.3) is 11.8 Å². The molecule has 0 atom stereocenters. The van der Waals surface area contributed by atoms with Gasteiger partial charge in [-0.1, -0.05) is 52.0 Å². The normalized spacial score (nSPS) is 14.5. The van der Waals surface area contributed by atoms with Crippen molar-refractivity contribution in [2.45, 2.75) is 46.5 Å². The highest BCUT2D eigenvalue weighted by Gasteiger charge is 2.38. The molecule has 2 aromatic rings. The number of hydrogen-bond donors (Lipinski definition) is 1. The first-order chi connectivity index (χ1) is 14.3. The van der Waals surface area contributed by atoms with Crippen molar-refractivity contribution in [3.8, 4) is 5.75 Å². The number of carbonyl (C=O) groups is 2. The number of amides is 2. The molecule has 0 aromatic heterocycles. The lowest BCUT2D eigenvalue weighted by atomic mass is 9.87. The number of benzene rings is 2. The van der Waals surface area contributed by atoms with Crippen LogP contribution in [0.5, 0.6) is 5.75 Å². The molecule has 2 amide bonds. The summed E-state index contributed by atoms with van der Waals surface area (Å²) in [5.41, 5.74) is 3.44. The van der Waals surface area contributed by atoms with Crippen LogP contribution in [0.4, 0.5) is 5.69 Å². The van der Waals surface area contributed by atoms with Crippen molar-refractivity contribution in [3.05, 3.63) is 65.4 Å². The van der Waals surface area contributed by atoms with Crippen LogP contribution in [0.2, 0.25) is 0 Å². The first-order valence-electron chi connectivity index (χ1n) is 10.5. The fraction of sp³-hybridized carbons (Fsp3) is 0.360. The number of ether oxygens (including phenoxy) is 1. The molecule has 1 aliphatic rings. The summed E-state index contributed by atoms with van der Waals surface area (Å²) >= 11 is 0. The minimum atomic E-state index is -0.286. The minimum Gasteiger partial charge on any atom is -0.494 e. The van der Waals surface area contributed by atoms with E-state index in [9.17, 15) is 9.59 Å². The van der Waals surface area contributed by atoms with Gasteiger partial charge in [-0.2, -0.15) is 0 Å². The van der Waals surface area contributed by atoms with Gasteiger partial charge in [-0.05, 0) is 54.2 Å². The Morgan fingerprint density at radius 1 is 0.900 bits per heavy atom. The maximum atomic E-state index is 13.1. The molecule has 0 fully saturated rings. The molecular weight excluding hydrogens is 376 g/mol. The fourth-order valence-corrected chi connectivity index (χ4v) is 3.47. The topological polar surface area (TPSA) is 58.6 Å². The molecule has 1 heterocycles. The van der Waals surface area contributed by atoms with Crippen molar-refractivity contribution >= 4 is 23.1 Å². The highest BCUT2D eigenvalue weighted by atomic mass is 16.5. The zero-order valence-electron chi connectivity index (χ0n) is 18.4. The van der Waals surface area contributed by atoms with Crippen LogP contribution >= 0.6 is 0 Å². The molecule has 0 saturated heterocycles. The molecule has 5 nitrogen and oxygen atoms in total. The van der Waals surface area contributed by atoms with Gasteiger partial charge >= 0.3 is 0 Å². The monoisotopic (exact) mass is 406 g/mol. The molecule has 0 bridgehead atoms. The second-order valence-electron chi connectivity index (χ2n) is 8.42. The molecule has 1 aliphatic heterocycles. The predicted octanol–water partition coefficient (Wildman–Crippen LogP) is 4.98. The van der Waals surface area contributed by atoms with E-state index in [1.807, 2.05) is 62.4 Å². The Hall–Kier alpha value is -3.08. The summed E-state index contributed by atoms with van der Waals surface area (Å²) in [4.78, 5) is 27.4. The van der Waals surface area contributed by atoms with Gasteiger partial charge < -0.3 is 10.1 Å². The predicted molar refractivity (Wildman–Crippen MR) is 120 cm³/mol. The Morgan fingerprint density at radius 2 is 1.53 bits per heavy atom. The Labute approximate surface area is 178 Å². The molecule has 5 heteroatoms. The SMILES string of the molecule is CCCN1C(=O)C(Nc2ccc(C(C)(C)C)cc2)=C(c2ccc(OCC)cc2)C1=O. The summed E-state index contributed by atoms with van der Waals surface area (Å²) < 4.78 is 5.50. The van der Waals surface area contributed by atoms with Crippen molar-refractivity contribution < 1.29 is 14.3 Å². The maximum absolute atomic E-state index is 13.1. The highest BCUT2D eigenvalue weighted by molar-refractivity contribution is 6.36. The number of nitrogens with zero attached hydrogens (tertiary/aromatic N) is 1. The summed E-state index contributed by atoms with van der Waals surface area (Å²) in [7, 11) is 0. The number of anilines is 1. The van der Waals surface area contributed by atoms with Gasteiger partial charge in [-0.3, -0.25) is 14.5 Å². The molecule has 0 radical (unpaired) electrons. The van der Waals surface area contributed by atoms with Crippen LogP contribution in [0.25, 0.3) is 5.57 Å². The summed E-state index contributed by atoms with van der Waals surface area (Å²) in [6.07, 6.45) is 0.710. The molecule has 0 saturated carbocycles. The van der Waals surface area contributed by atoms with Crippen molar-refractivity contribution in [2.75, 3.05) is 18.5 Å². The van der Waals surface area contributed by atoms with Crippen LogP contribution in [-0.2, 0) is 15.0 Å². The summed E-state index contributed by atoms with van der Waals surface area (Å²) in [5.74, 6) is 0.182. The smallest absolute Gasteiger partial charge is 0.278 e. The van der Waals surface area contributed by atoms with Gasteiger partial charge in [0.15, 0.2) is 0 Å². The van der Waals surface area contributed by atoms with Gasteiger partial charge in [0.05, 0.1) is 12.2 Å². The Kier molecular flexibility index (Phi) is 6.30. The number of nitrogens with one attached hydrogen (secondary N) is 1. The van der Waals surface area contributed by atoms with E-state index in [1.165, 1.54) is 10.5 Å². The summed E-state index contributed by atoms with van der Waals surface area (Å²) in [6, 6.07) is 15.3. The maximum Gasteiger partial charge on any atom is 0.278 e. The van der Waals surface area contributed by atoms with Crippen molar-refractivity contribution in [2.24, 2.45) is 0 Å². The molecule has 0 spiro atoms. The molecule has 1 N–H and O–H groups in total. The molecule has 0 unspecified atom stereocenters. The zero-order chi connectivity index (χ0) is 21.9. The van der Waals surface area contributed by atoms with Gasteiger partial charge in [0.2, 0.25) is 0 Å². The van der Waals surface area contributed by atoms with E-state index in [0.717, 1.165) is 11.4 Å². The zero-order valence-corrected chi connectivity index (χ0v) is 18.4. The average Bonchev–Trinajstić information content (AvgIpc) is 2.93. The van der Waals surface area contributed by atoms with Gasteiger partial charge in [0.1, 0.15) is 11.4 Å². The molecular formula is C25H30N2O3. The molecule has 3 rings (SSSR count). The number of rotatable bonds is 7. The van der Waals surface area contributed by atoms with Crippen LogP contribution in [0.3, 0.4) is 0 Å². The van der Waals surface area contributed by atoms with Gasteiger partial charge in [0, 0.05) is 12.2 Å². The van der Waals surface area contributed by atoms with Crippen LogP contribution in [0.15, 0.2) is 54.2 Å². The number of imide groups is 1. The summed E-state index contributed by atoms with van der Waals surface area (Å²) in [5, 5.41) is 3.21. The third-order valence-electron chi connectivity index (χ3n) is 5.09. The van der Waals surface area contributed by atoms with Crippen LogP contribution in [0.1, 0.15) is 52.2 Å². The van der Waals surface area contributed by atoms with E-state index in [4.69, 9.17) is 4.74 Å². The van der Waals surface area contributed by atoms with Crippen molar-refractivity contribution in [3.63, 3.8) is 0 Å². The Balaban J connectivity index is 1.98. The van der Waals surface area contributed by atoms with Gasteiger partial charge in [-0.25, -0.2) is 0 Å². The average molecular weight is 407 g/mol. The van der Waals surface area contributed by atoms with E-state index >= 15 is 0 Å². The second kappa shape index (κ2) is 8.74. The van der Waals surface area contributed by atoms with E-state index in [-0.39, 0.29) is 17.2 Å². The quantitative estimate of drug-likeness (QED) is 0.659. The largest absolute Gasteiger partial charge is 0.494 e. The molecule has 0 aliphatic carbocycles. The van der Waals surface area contributed by atoms with E-state index in [1.54, 1.807) is 0 Å². The first kappa shape index (κ1) is 21.6. The highest BCUT2D eigenvalue weighted by Crippen LogP contribution is 2.32. The van der Waals surface area contributed by atoms with Crippen LogP contribution in [0, 0.1) is 0 Å². The van der Waals surface area contributed by atoms with Gasteiger partial charge in [-0.15, -0.1) is 0 Å². The number of hydrogen-bond acceptors (Lipinski definition) is 4. The van der Waals surface area contributed by atoms with Crippen molar-refractivity contribution in [1.29, 1.82) is 0 Å². The fourth-order valence-electron chi connectivity index (χ4n) is 3.47. The number of carbonyl (C=O) groups excluding carboxylic acids is 2. The van der Waals surface area contributed by atoms with E-state index < -0.39 is 0 Å². The lowest BCUT2D eigenvalue weighted by Gasteiger charge is -2.19. The van der Waals surface area contributed by atoms with Crippen LogP contribution < -0.4 is 10.1 Å². The second-order valence-corrected chi connectivity index (χ2v) is 8.42. The lowest BCUT2D eigenvalue weighted by Crippen LogP contribution is -2.33. The Bertz CT molecular complexity index is 951. The minimum absolute atomic E-state index is 0.0440. The Morgan fingerprint density at radius 3 is 2.07 bits per heavy atom. The first-order valence-corrected chi connectivity index (χ1v) is 10.5.